The average molecular weight is 301 g/mol. The molecule has 0 aliphatic rings. The molecule has 2 aromatic carbocycles. The standard InChI is InChI=1S/C16H13ClN2O2/c1-11(21-14-8-6-13(17)7-9-14)16(20)19-15-5-3-2-4-12(15)10-18/h2-9,11H,1H3,(H,19,20)/t11-/m1/s1. The highest BCUT2D eigenvalue weighted by Crippen LogP contribution is 2.18. The molecule has 0 aliphatic carbocycles. The first kappa shape index (κ1) is 14.9. The Hall–Kier alpha value is -2.51. The monoisotopic (exact) mass is 300 g/mol. The number of hydrogen-bond donors (Lipinski definition) is 1. The molecule has 4 nitrogen and oxygen atoms in total. The van der Waals surface area contributed by atoms with Crippen molar-refractivity contribution in [1.82, 2.24) is 0 Å². The van der Waals surface area contributed by atoms with Gasteiger partial charge in [-0.3, -0.25) is 4.79 Å². The van der Waals surface area contributed by atoms with E-state index in [9.17, 15) is 4.79 Å². The van der Waals surface area contributed by atoms with Crippen molar-refractivity contribution in [3.05, 3.63) is 59.1 Å². The Bertz CT molecular complexity index is 677. The highest BCUT2D eigenvalue weighted by atomic mass is 35.5. The summed E-state index contributed by atoms with van der Waals surface area (Å²) in [4.78, 5) is 12.1. The Morgan fingerprint density at radius 1 is 1.24 bits per heavy atom. The van der Waals surface area contributed by atoms with Crippen molar-refractivity contribution in [3.63, 3.8) is 0 Å². The zero-order valence-electron chi connectivity index (χ0n) is 11.3. The third-order valence-electron chi connectivity index (χ3n) is 2.80. The molecule has 5 heteroatoms. The van der Waals surface area contributed by atoms with Gasteiger partial charge in [0.05, 0.1) is 11.3 Å². The first-order valence-electron chi connectivity index (χ1n) is 6.32. The number of ether oxygens (including phenoxy) is 1. The molecule has 2 rings (SSSR count). The quantitative estimate of drug-likeness (QED) is 0.938. The normalized spacial score (nSPS) is 11.3. The molecule has 0 spiro atoms. The molecule has 0 aromatic heterocycles. The fourth-order valence-electron chi connectivity index (χ4n) is 1.69. The van der Waals surface area contributed by atoms with Gasteiger partial charge in [0.1, 0.15) is 11.8 Å². The summed E-state index contributed by atoms with van der Waals surface area (Å²) in [6, 6.07) is 15.6. The second-order valence-corrected chi connectivity index (χ2v) is 4.80. The highest BCUT2D eigenvalue weighted by molar-refractivity contribution is 6.30. The Morgan fingerprint density at radius 3 is 2.57 bits per heavy atom. The van der Waals surface area contributed by atoms with E-state index in [-0.39, 0.29) is 5.91 Å². The van der Waals surface area contributed by atoms with E-state index in [4.69, 9.17) is 21.6 Å². The molecule has 0 bridgehead atoms. The Balaban J connectivity index is 2.03. The molecule has 1 amide bonds. The lowest BCUT2D eigenvalue weighted by Crippen LogP contribution is -2.30. The van der Waals surface area contributed by atoms with Crippen LogP contribution in [-0.2, 0) is 4.79 Å². The van der Waals surface area contributed by atoms with Gasteiger partial charge in [-0.25, -0.2) is 0 Å². The zero-order chi connectivity index (χ0) is 15.2. The molecule has 2 aromatic rings. The predicted molar refractivity (Wildman–Crippen MR) is 81.3 cm³/mol. The number of carbonyl (C=O) groups is 1. The molecule has 0 radical (unpaired) electrons. The second kappa shape index (κ2) is 6.78. The van der Waals surface area contributed by atoms with Gasteiger partial charge < -0.3 is 10.1 Å². The van der Waals surface area contributed by atoms with Gasteiger partial charge in [-0.1, -0.05) is 23.7 Å². The van der Waals surface area contributed by atoms with Crippen molar-refractivity contribution >= 4 is 23.2 Å². The fraction of sp³-hybridized carbons (Fsp3) is 0.125. The molecule has 1 atom stereocenters. The fourth-order valence-corrected chi connectivity index (χ4v) is 1.82. The lowest BCUT2D eigenvalue weighted by molar-refractivity contribution is -0.122. The van der Waals surface area contributed by atoms with E-state index in [1.54, 1.807) is 55.5 Å². The summed E-state index contributed by atoms with van der Waals surface area (Å²) >= 11 is 5.79. The molecule has 0 aliphatic heterocycles. The molecular weight excluding hydrogens is 288 g/mol. The van der Waals surface area contributed by atoms with Crippen LogP contribution in [0.1, 0.15) is 12.5 Å². The van der Waals surface area contributed by atoms with Gasteiger partial charge in [0.25, 0.3) is 5.91 Å². The second-order valence-electron chi connectivity index (χ2n) is 4.36. The molecule has 21 heavy (non-hydrogen) atoms. The Morgan fingerprint density at radius 2 is 1.90 bits per heavy atom. The SMILES string of the molecule is C[C@@H](Oc1ccc(Cl)cc1)C(=O)Nc1ccccc1C#N. The minimum absolute atomic E-state index is 0.326. The van der Waals surface area contributed by atoms with Gasteiger partial charge in [0, 0.05) is 5.02 Å². The van der Waals surface area contributed by atoms with Crippen molar-refractivity contribution in [3.8, 4) is 11.8 Å². The third kappa shape index (κ3) is 3.98. The number of nitrogens with zero attached hydrogens (tertiary/aromatic N) is 1. The van der Waals surface area contributed by atoms with Crippen molar-refractivity contribution in [2.75, 3.05) is 5.32 Å². The number of amides is 1. The maximum atomic E-state index is 12.1. The van der Waals surface area contributed by atoms with E-state index < -0.39 is 6.10 Å². The van der Waals surface area contributed by atoms with Crippen LogP contribution >= 0.6 is 11.6 Å². The van der Waals surface area contributed by atoms with Crippen molar-refractivity contribution in [1.29, 1.82) is 5.26 Å². The van der Waals surface area contributed by atoms with Crippen molar-refractivity contribution in [2.45, 2.75) is 13.0 Å². The average Bonchev–Trinajstić information content (AvgIpc) is 2.50. The van der Waals surface area contributed by atoms with Gasteiger partial charge in [0.15, 0.2) is 6.10 Å². The van der Waals surface area contributed by atoms with Crippen molar-refractivity contribution in [2.24, 2.45) is 0 Å². The lowest BCUT2D eigenvalue weighted by atomic mass is 10.2. The molecule has 106 valence electrons. The molecule has 0 unspecified atom stereocenters. The number of nitrogens with one attached hydrogen (secondary N) is 1. The van der Waals surface area contributed by atoms with Crippen LogP contribution in [0.3, 0.4) is 0 Å². The minimum Gasteiger partial charge on any atom is -0.481 e. The number of nitriles is 1. The first-order valence-corrected chi connectivity index (χ1v) is 6.70. The van der Waals surface area contributed by atoms with Crippen LogP contribution in [0.25, 0.3) is 0 Å². The third-order valence-corrected chi connectivity index (χ3v) is 3.05. The van der Waals surface area contributed by atoms with Crippen LogP contribution in [-0.4, -0.2) is 12.0 Å². The summed E-state index contributed by atoms with van der Waals surface area (Å²) in [7, 11) is 0. The van der Waals surface area contributed by atoms with Crippen LogP contribution in [0.15, 0.2) is 48.5 Å². The molecule has 1 N–H and O–H groups in total. The van der Waals surface area contributed by atoms with E-state index >= 15 is 0 Å². The summed E-state index contributed by atoms with van der Waals surface area (Å²) in [5.41, 5.74) is 0.876. The predicted octanol–water partition coefficient (Wildman–Crippen LogP) is 3.62. The summed E-state index contributed by atoms with van der Waals surface area (Å²) in [5.74, 6) is 0.225. The van der Waals surface area contributed by atoms with E-state index in [1.165, 1.54) is 0 Å². The molecule has 0 heterocycles. The number of carbonyl (C=O) groups excluding carboxylic acids is 1. The largest absolute Gasteiger partial charge is 0.481 e. The van der Waals surface area contributed by atoms with E-state index in [2.05, 4.69) is 5.32 Å². The number of anilines is 1. The van der Waals surface area contributed by atoms with Crippen LogP contribution in [0.2, 0.25) is 5.02 Å². The Labute approximate surface area is 127 Å². The number of hydrogen-bond acceptors (Lipinski definition) is 3. The maximum absolute atomic E-state index is 12.1. The van der Waals surface area contributed by atoms with Gasteiger partial charge in [-0.05, 0) is 43.3 Å². The lowest BCUT2D eigenvalue weighted by Gasteiger charge is -2.15. The van der Waals surface area contributed by atoms with E-state index in [0.29, 0.717) is 22.0 Å². The van der Waals surface area contributed by atoms with Gasteiger partial charge in [0.2, 0.25) is 0 Å². The molecular formula is C16H13ClN2O2. The van der Waals surface area contributed by atoms with Gasteiger partial charge >= 0.3 is 0 Å². The van der Waals surface area contributed by atoms with Crippen LogP contribution in [0.4, 0.5) is 5.69 Å². The number of benzene rings is 2. The topological polar surface area (TPSA) is 62.1 Å². The van der Waals surface area contributed by atoms with E-state index in [1.807, 2.05) is 6.07 Å². The highest BCUT2D eigenvalue weighted by Gasteiger charge is 2.16. The number of para-hydroxylation sites is 1. The molecule has 0 fully saturated rings. The van der Waals surface area contributed by atoms with Gasteiger partial charge in [-0.2, -0.15) is 5.26 Å². The van der Waals surface area contributed by atoms with Gasteiger partial charge in [-0.15, -0.1) is 0 Å². The summed E-state index contributed by atoms with van der Waals surface area (Å²) in [5, 5.41) is 12.3. The molecule has 0 saturated heterocycles. The summed E-state index contributed by atoms with van der Waals surface area (Å²) < 4.78 is 5.52. The minimum atomic E-state index is -0.696. The van der Waals surface area contributed by atoms with Crippen LogP contribution in [0.5, 0.6) is 5.75 Å². The van der Waals surface area contributed by atoms with E-state index in [0.717, 1.165) is 0 Å². The number of rotatable bonds is 4. The smallest absolute Gasteiger partial charge is 0.265 e. The van der Waals surface area contributed by atoms with Crippen molar-refractivity contribution < 1.29 is 9.53 Å². The Kier molecular flexibility index (Phi) is 4.81. The number of halogens is 1. The van der Waals surface area contributed by atoms with Crippen LogP contribution < -0.4 is 10.1 Å². The first-order chi connectivity index (χ1) is 10.1. The molecule has 0 saturated carbocycles. The summed E-state index contributed by atoms with van der Waals surface area (Å²) in [6.45, 7) is 1.64. The maximum Gasteiger partial charge on any atom is 0.265 e. The zero-order valence-corrected chi connectivity index (χ0v) is 12.1. The van der Waals surface area contributed by atoms with Crippen LogP contribution in [0, 0.1) is 11.3 Å². The summed E-state index contributed by atoms with van der Waals surface area (Å²) in [6.07, 6.45) is -0.696.